The van der Waals surface area contributed by atoms with Crippen molar-refractivity contribution in [2.45, 2.75) is 0 Å². The Labute approximate surface area is 102 Å². The Kier molecular flexibility index (Phi) is 3.10. The lowest BCUT2D eigenvalue weighted by atomic mass is 10.2. The molecular formula is C12H11FN2OS. The minimum atomic E-state index is -0.361. The monoisotopic (exact) mass is 250 g/mol. The third kappa shape index (κ3) is 2.14. The van der Waals surface area contributed by atoms with Crippen LogP contribution in [0.25, 0.3) is 10.1 Å². The highest BCUT2D eigenvalue weighted by molar-refractivity contribution is 7.21. The lowest BCUT2D eigenvalue weighted by Gasteiger charge is -2.00. The van der Waals surface area contributed by atoms with Crippen molar-refractivity contribution in [2.75, 3.05) is 12.3 Å². The van der Waals surface area contributed by atoms with Crippen LogP contribution in [0.15, 0.2) is 30.9 Å². The topological polar surface area (TPSA) is 55.1 Å². The molecule has 2 aromatic rings. The Morgan fingerprint density at radius 1 is 1.59 bits per heavy atom. The summed E-state index contributed by atoms with van der Waals surface area (Å²) in [5.74, 6) is -0.621. The van der Waals surface area contributed by atoms with Gasteiger partial charge in [-0.05, 0) is 18.2 Å². The lowest BCUT2D eigenvalue weighted by molar-refractivity contribution is 0.0963. The third-order valence-electron chi connectivity index (χ3n) is 2.30. The number of hydrogen-bond acceptors (Lipinski definition) is 3. The summed E-state index contributed by atoms with van der Waals surface area (Å²) in [5, 5.41) is 3.23. The molecule has 0 aliphatic heterocycles. The number of benzene rings is 1. The first kappa shape index (κ1) is 11.6. The van der Waals surface area contributed by atoms with E-state index in [9.17, 15) is 9.18 Å². The molecule has 17 heavy (non-hydrogen) atoms. The molecule has 0 aliphatic rings. The molecule has 1 aromatic heterocycles. The van der Waals surface area contributed by atoms with Crippen molar-refractivity contribution >= 4 is 33.0 Å². The maximum Gasteiger partial charge on any atom is 0.263 e. The number of hydrogen-bond donors (Lipinski definition) is 2. The largest absolute Gasteiger partial charge is 0.397 e. The number of nitrogen functional groups attached to an aromatic ring is 1. The van der Waals surface area contributed by atoms with Crippen LogP contribution < -0.4 is 11.1 Å². The van der Waals surface area contributed by atoms with E-state index in [1.54, 1.807) is 12.1 Å². The van der Waals surface area contributed by atoms with E-state index in [0.717, 1.165) is 4.70 Å². The predicted molar refractivity (Wildman–Crippen MR) is 68.7 cm³/mol. The number of amides is 1. The van der Waals surface area contributed by atoms with E-state index in [4.69, 9.17) is 5.73 Å². The van der Waals surface area contributed by atoms with E-state index in [0.29, 0.717) is 22.5 Å². The van der Waals surface area contributed by atoms with Gasteiger partial charge in [-0.1, -0.05) is 6.08 Å². The highest BCUT2D eigenvalue weighted by Crippen LogP contribution is 2.33. The molecule has 1 aromatic carbocycles. The fourth-order valence-corrected chi connectivity index (χ4v) is 2.52. The van der Waals surface area contributed by atoms with Gasteiger partial charge in [0, 0.05) is 16.6 Å². The molecule has 88 valence electrons. The molecule has 1 heterocycles. The van der Waals surface area contributed by atoms with Crippen molar-refractivity contribution in [3.63, 3.8) is 0 Å². The molecule has 2 rings (SSSR count). The van der Waals surface area contributed by atoms with E-state index >= 15 is 0 Å². The molecule has 0 radical (unpaired) electrons. The Morgan fingerprint density at radius 2 is 2.35 bits per heavy atom. The standard InChI is InChI=1S/C12H11FN2OS/c1-2-5-15-12(16)11-10(14)8-6-7(13)3-4-9(8)17-11/h2-4,6H,1,5,14H2,(H,15,16). The van der Waals surface area contributed by atoms with Gasteiger partial charge in [-0.2, -0.15) is 0 Å². The minimum Gasteiger partial charge on any atom is -0.397 e. The maximum absolute atomic E-state index is 13.1. The summed E-state index contributed by atoms with van der Waals surface area (Å²) in [4.78, 5) is 12.2. The summed E-state index contributed by atoms with van der Waals surface area (Å²) >= 11 is 1.25. The first-order valence-electron chi connectivity index (χ1n) is 5.00. The van der Waals surface area contributed by atoms with Crippen LogP contribution in [-0.4, -0.2) is 12.5 Å². The summed E-state index contributed by atoms with van der Waals surface area (Å²) in [6.07, 6.45) is 1.58. The van der Waals surface area contributed by atoms with Crippen molar-refractivity contribution in [2.24, 2.45) is 0 Å². The zero-order valence-electron chi connectivity index (χ0n) is 9.00. The normalized spacial score (nSPS) is 10.4. The highest BCUT2D eigenvalue weighted by atomic mass is 32.1. The van der Waals surface area contributed by atoms with E-state index in [-0.39, 0.29) is 11.7 Å². The summed E-state index contributed by atoms with van der Waals surface area (Å²) in [6.45, 7) is 3.89. The first-order chi connectivity index (χ1) is 8.13. The molecule has 5 heteroatoms. The maximum atomic E-state index is 13.1. The van der Waals surface area contributed by atoms with Gasteiger partial charge in [0.15, 0.2) is 0 Å². The van der Waals surface area contributed by atoms with Crippen molar-refractivity contribution in [1.29, 1.82) is 0 Å². The van der Waals surface area contributed by atoms with E-state index < -0.39 is 0 Å². The van der Waals surface area contributed by atoms with Crippen molar-refractivity contribution < 1.29 is 9.18 Å². The number of halogens is 1. The van der Waals surface area contributed by atoms with Gasteiger partial charge in [-0.15, -0.1) is 17.9 Å². The number of anilines is 1. The summed E-state index contributed by atoms with van der Waals surface area (Å²) < 4.78 is 13.9. The van der Waals surface area contributed by atoms with Crippen LogP contribution in [0, 0.1) is 5.82 Å². The SMILES string of the molecule is C=CCNC(=O)c1sc2ccc(F)cc2c1N. The molecule has 0 aliphatic carbocycles. The van der Waals surface area contributed by atoms with Gasteiger partial charge >= 0.3 is 0 Å². The fraction of sp³-hybridized carbons (Fsp3) is 0.0833. The van der Waals surface area contributed by atoms with Crippen LogP contribution in [0.3, 0.4) is 0 Å². The molecule has 0 saturated carbocycles. The van der Waals surface area contributed by atoms with Crippen LogP contribution >= 0.6 is 11.3 Å². The van der Waals surface area contributed by atoms with Gasteiger partial charge < -0.3 is 11.1 Å². The number of fused-ring (bicyclic) bond motifs is 1. The number of carbonyl (C=O) groups is 1. The average molecular weight is 250 g/mol. The van der Waals surface area contributed by atoms with Gasteiger partial charge in [-0.3, -0.25) is 4.79 Å². The minimum absolute atomic E-state index is 0.260. The van der Waals surface area contributed by atoms with Crippen LogP contribution in [0.5, 0.6) is 0 Å². The second kappa shape index (κ2) is 4.55. The molecular weight excluding hydrogens is 239 g/mol. The van der Waals surface area contributed by atoms with Crippen LogP contribution in [0.2, 0.25) is 0 Å². The Morgan fingerprint density at radius 3 is 3.06 bits per heavy atom. The summed E-state index contributed by atoms with van der Waals surface area (Å²) in [6, 6.07) is 4.31. The Balaban J connectivity index is 2.45. The average Bonchev–Trinajstić information content (AvgIpc) is 2.64. The quantitative estimate of drug-likeness (QED) is 0.822. The highest BCUT2D eigenvalue weighted by Gasteiger charge is 2.15. The lowest BCUT2D eigenvalue weighted by Crippen LogP contribution is -2.22. The molecule has 0 unspecified atom stereocenters. The second-order valence-corrected chi connectivity index (χ2v) is 4.54. The van der Waals surface area contributed by atoms with Crippen LogP contribution in [0.4, 0.5) is 10.1 Å². The van der Waals surface area contributed by atoms with Gasteiger partial charge in [0.1, 0.15) is 10.7 Å². The van der Waals surface area contributed by atoms with Crippen LogP contribution in [0.1, 0.15) is 9.67 Å². The number of carbonyl (C=O) groups excluding carboxylic acids is 1. The van der Waals surface area contributed by atoms with Crippen molar-refractivity contribution in [3.8, 4) is 0 Å². The van der Waals surface area contributed by atoms with Crippen LogP contribution in [-0.2, 0) is 0 Å². The Bertz CT molecular complexity index is 591. The van der Waals surface area contributed by atoms with Gasteiger partial charge in [0.2, 0.25) is 0 Å². The van der Waals surface area contributed by atoms with Gasteiger partial charge in [0.05, 0.1) is 5.69 Å². The Hall–Kier alpha value is -1.88. The number of nitrogens with two attached hydrogens (primary N) is 1. The third-order valence-corrected chi connectivity index (χ3v) is 3.49. The smallest absolute Gasteiger partial charge is 0.263 e. The summed E-state index contributed by atoms with van der Waals surface area (Å²) in [5.41, 5.74) is 6.16. The predicted octanol–water partition coefficient (Wildman–Crippen LogP) is 2.54. The number of rotatable bonds is 3. The molecule has 0 bridgehead atoms. The van der Waals surface area contributed by atoms with E-state index in [1.807, 2.05) is 0 Å². The molecule has 0 atom stereocenters. The first-order valence-corrected chi connectivity index (χ1v) is 5.81. The van der Waals surface area contributed by atoms with Gasteiger partial charge in [0.25, 0.3) is 5.91 Å². The fourth-order valence-electron chi connectivity index (χ4n) is 1.50. The summed E-state index contributed by atoms with van der Waals surface area (Å²) in [7, 11) is 0. The molecule has 3 nitrogen and oxygen atoms in total. The molecule has 0 spiro atoms. The number of nitrogens with one attached hydrogen (secondary N) is 1. The zero-order chi connectivity index (χ0) is 12.4. The van der Waals surface area contributed by atoms with Gasteiger partial charge in [-0.25, -0.2) is 4.39 Å². The molecule has 0 fully saturated rings. The zero-order valence-corrected chi connectivity index (χ0v) is 9.81. The number of thiophene rings is 1. The molecule has 0 saturated heterocycles. The van der Waals surface area contributed by atoms with Crippen molar-refractivity contribution in [1.82, 2.24) is 5.32 Å². The molecule has 1 amide bonds. The molecule has 3 N–H and O–H groups in total. The van der Waals surface area contributed by atoms with E-state index in [1.165, 1.54) is 23.5 Å². The second-order valence-electron chi connectivity index (χ2n) is 3.48. The van der Waals surface area contributed by atoms with Crippen molar-refractivity contribution in [3.05, 3.63) is 41.5 Å². The van der Waals surface area contributed by atoms with E-state index in [2.05, 4.69) is 11.9 Å².